The molecule has 0 radical (unpaired) electrons. The maximum Gasteiger partial charge on any atom is 0.270 e. The summed E-state index contributed by atoms with van der Waals surface area (Å²) in [4.78, 5) is 11.8. The van der Waals surface area contributed by atoms with Crippen LogP contribution < -0.4 is 0 Å². The lowest BCUT2D eigenvalue weighted by Gasteiger charge is -2.19. The molecule has 194 valence electrons. The van der Waals surface area contributed by atoms with Crippen LogP contribution >= 0.6 is 0 Å². The van der Waals surface area contributed by atoms with Crippen molar-refractivity contribution < 1.29 is 23.0 Å². The van der Waals surface area contributed by atoms with Gasteiger partial charge in [-0.05, 0) is 35.4 Å². The van der Waals surface area contributed by atoms with Crippen LogP contribution in [0.2, 0.25) is 0 Å². The summed E-state index contributed by atoms with van der Waals surface area (Å²) < 4.78 is 93.9. The van der Waals surface area contributed by atoms with Gasteiger partial charge in [0.05, 0.1) is 40.7 Å². The number of furan rings is 1. The Morgan fingerprint density at radius 3 is 1.95 bits per heavy atom. The summed E-state index contributed by atoms with van der Waals surface area (Å²) in [6, 6.07) is 13.9. The number of aromatic nitrogens is 1. The van der Waals surface area contributed by atoms with Crippen LogP contribution in [0, 0.1) is 10.1 Å². The maximum atomic E-state index is 12.5. The third-order valence-corrected chi connectivity index (χ3v) is 7.25. The molecular formula is C36H22N2O3. The van der Waals surface area contributed by atoms with Crippen LogP contribution in [0.1, 0.15) is 13.7 Å². The molecule has 0 spiro atoms. The van der Waals surface area contributed by atoms with Gasteiger partial charge in [-0.1, -0.05) is 96.8 Å². The number of nitro groups is 1. The highest BCUT2D eigenvalue weighted by molar-refractivity contribution is 6.24. The van der Waals surface area contributed by atoms with Crippen molar-refractivity contribution in [2.24, 2.45) is 0 Å². The molecule has 0 saturated carbocycles. The van der Waals surface area contributed by atoms with E-state index in [9.17, 15) is 10.1 Å². The number of benzene rings is 6. The Balaban J connectivity index is 1.67. The van der Waals surface area contributed by atoms with E-state index in [4.69, 9.17) is 18.1 Å². The summed E-state index contributed by atoms with van der Waals surface area (Å²) in [5.41, 5.74) is 0.447. The molecule has 5 heteroatoms. The predicted molar refractivity (Wildman–Crippen MR) is 166 cm³/mol. The predicted octanol–water partition coefficient (Wildman–Crippen LogP) is 9.93. The van der Waals surface area contributed by atoms with Crippen molar-refractivity contribution in [3.8, 4) is 27.9 Å². The third-order valence-electron chi connectivity index (χ3n) is 7.25. The van der Waals surface area contributed by atoms with Gasteiger partial charge in [0, 0.05) is 39.4 Å². The van der Waals surface area contributed by atoms with Crippen molar-refractivity contribution in [2.45, 2.75) is 0 Å². The van der Waals surface area contributed by atoms with E-state index in [0.717, 1.165) is 22.9 Å². The molecule has 2 heterocycles. The Bertz CT molecular complexity index is 2710. The molecule has 0 fully saturated rings. The summed E-state index contributed by atoms with van der Waals surface area (Å²) in [5.74, 6) is 0. The number of non-ortho nitro benzene ring substituents is 1. The lowest BCUT2D eigenvalue weighted by Crippen LogP contribution is -2.02. The molecule has 0 aliphatic rings. The van der Waals surface area contributed by atoms with Crippen LogP contribution in [0.5, 0.6) is 0 Å². The van der Waals surface area contributed by atoms with E-state index in [0.29, 0.717) is 33.0 Å². The van der Waals surface area contributed by atoms with Crippen molar-refractivity contribution in [3.05, 3.63) is 143 Å². The monoisotopic (exact) mass is 540 g/mol. The average Bonchev–Trinajstić information content (AvgIpc) is 3.67. The van der Waals surface area contributed by atoms with Crippen LogP contribution in [0.3, 0.4) is 0 Å². The van der Waals surface area contributed by atoms with Gasteiger partial charge < -0.3 is 8.98 Å². The quantitative estimate of drug-likeness (QED) is 0.165. The van der Waals surface area contributed by atoms with Gasteiger partial charge in [-0.25, -0.2) is 0 Å². The van der Waals surface area contributed by atoms with E-state index in [2.05, 4.69) is 0 Å². The minimum atomic E-state index is -0.745. The van der Waals surface area contributed by atoms with Gasteiger partial charge in [-0.3, -0.25) is 10.1 Å². The summed E-state index contributed by atoms with van der Waals surface area (Å²) in [5, 5.41) is 15.5. The van der Waals surface area contributed by atoms with Gasteiger partial charge in [-0.15, -0.1) is 0 Å². The normalized spacial score (nSPS) is 15.0. The van der Waals surface area contributed by atoms with Gasteiger partial charge >= 0.3 is 0 Å². The smallest absolute Gasteiger partial charge is 0.270 e. The van der Waals surface area contributed by atoms with Crippen LogP contribution in [0.4, 0.5) is 5.69 Å². The second kappa shape index (κ2) is 8.93. The van der Waals surface area contributed by atoms with E-state index < -0.39 is 71.0 Å². The number of rotatable bonds is 4. The van der Waals surface area contributed by atoms with Crippen LogP contribution in [0.25, 0.3) is 71.7 Å². The largest absolute Gasteiger partial charge is 0.455 e. The standard InChI is InChI=1S/C36H22N2O3/c39-38(40)25-21-29(23-11-3-1-4-12-23)35(30(22-25)24-13-5-2-6-14-24)37-31-17-9-7-16-28(31)34-32(37)20-19-27-26-15-8-10-18-33(26)41-36(27)34/h1-22H/i1D,2D,3D,4D,5D,6D,11D,12D,13D,14D. The van der Waals surface area contributed by atoms with E-state index in [1.807, 2.05) is 42.5 Å². The van der Waals surface area contributed by atoms with Crippen molar-refractivity contribution in [1.29, 1.82) is 0 Å². The molecular weight excluding hydrogens is 508 g/mol. The first-order valence-corrected chi connectivity index (χ1v) is 12.6. The van der Waals surface area contributed by atoms with E-state index >= 15 is 0 Å². The highest BCUT2D eigenvalue weighted by atomic mass is 16.6. The second-order valence-corrected chi connectivity index (χ2v) is 9.43. The van der Waals surface area contributed by atoms with Crippen LogP contribution in [0.15, 0.2) is 138 Å². The van der Waals surface area contributed by atoms with Crippen molar-refractivity contribution in [1.82, 2.24) is 4.57 Å². The number of nitrogens with zero attached hydrogens (tertiary/aromatic N) is 2. The number of fused-ring (bicyclic) bond motifs is 7. The fraction of sp³-hybridized carbons (Fsp3) is 0. The minimum Gasteiger partial charge on any atom is -0.455 e. The second-order valence-electron chi connectivity index (χ2n) is 9.43. The molecule has 0 saturated heterocycles. The zero-order chi connectivity index (χ0) is 36.2. The summed E-state index contributed by atoms with van der Waals surface area (Å²) >= 11 is 0. The minimum absolute atomic E-state index is 0.000627. The lowest BCUT2D eigenvalue weighted by molar-refractivity contribution is -0.384. The highest BCUT2D eigenvalue weighted by Crippen LogP contribution is 2.45. The van der Waals surface area contributed by atoms with Crippen molar-refractivity contribution in [3.63, 3.8) is 0 Å². The molecule has 0 amide bonds. The summed E-state index contributed by atoms with van der Waals surface area (Å²) in [6.07, 6.45) is 0. The Morgan fingerprint density at radius 2 is 1.29 bits per heavy atom. The lowest BCUT2D eigenvalue weighted by atomic mass is 9.94. The first-order chi connectivity index (χ1) is 24.3. The van der Waals surface area contributed by atoms with Gasteiger partial charge in [0.2, 0.25) is 0 Å². The number of hydrogen-bond acceptors (Lipinski definition) is 3. The third kappa shape index (κ3) is 3.49. The molecule has 0 aliphatic carbocycles. The Morgan fingerprint density at radius 1 is 0.683 bits per heavy atom. The van der Waals surface area contributed by atoms with Gasteiger partial charge in [-0.2, -0.15) is 0 Å². The van der Waals surface area contributed by atoms with Gasteiger partial charge in [0.1, 0.15) is 11.2 Å². The van der Waals surface area contributed by atoms with Gasteiger partial charge in [0.25, 0.3) is 5.69 Å². The summed E-state index contributed by atoms with van der Waals surface area (Å²) in [7, 11) is 0. The number of para-hydroxylation sites is 2. The molecule has 0 bridgehead atoms. The molecule has 0 unspecified atom stereocenters. The van der Waals surface area contributed by atoms with E-state index in [1.165, 1.54) is 0 Å². The first-order valence-electron chi connectivity index (χ1n) is 17.6. The Hall–Kier alpha value is -5.68. The van der Waals surface area contributed by atoms with Crippen molar-refractivity contribution >= 4 is 49.4 Å². The molecule has 8 rings (SSSR count). The highest BCUT2D eigenvalue weighted by Gasteiger charge is 2.25. The zero-order valence-electron chi connectivity index (χ0n) is 31.0. The fourth-order valence-corrected chi connectivity index (χ4v) is 5.59. The molecule has 2 aromatic heterocycles. The molecule has 0 aliphatic heterocycles. The zero-order valence-corrected chi connectivity index (χ0v) is 21.0. The molecule has 0 atom stereocenters. The molecule has 41 heavy (non-hydrogen) atoms. The Kier molecular flexibility index (Phi) is 3.31. The van der Waals surface area contributed by atoms with Gasteiger partial charge in [0.15, 0.2) is 0 Å². The SMILES string of the molecule is [2H]c1c([2H])c([2H])c(-c2cc([N+](=O)[O-])cc(-c3c([2H])c([2H])c([2H])c([2H])c3[2H])c2-n2c3ccccc3c3c4oc5ccccc5c4ccc32)c([2H])c1[2H]. The van der Waals surface area contributed by atoms with Crippen LogP contribution in [-0.4, -0.2) is 9.49 Å². The summed E-state index contributed by atoms with van der Waals surface area (Å²) in [6.45, 7) is 0. The molecule has 5 nitrogen and oxygen atoms in total. The van der Waals surface area contributed by atoms with Crippen molar-refractivity contribution in [2.75, 3.05) is 0 Å². The molecule has 0 N–H and O–H groups in total. The molecule has 6 aromatic carbocycles. The van der Waals surface area contributed by atoms with E-state index in [-0.39, 0.29) is 27.9 Å². The van der Waals surface area contributed by atoms with E-state index in [1.54, 1.807) is 22.8 Å². The number of nitro benzene ring substituents is 1. The Labute approximate surface area is 248 Å². The first kappa shape index (κ1) is 15.2. The average molecular weight is 541 g/mol. The molecule has 8 aromatic rings. The maximum absolute atomic E-state index is 12.5. The fourth-order valence-electron chi connectivity index (χ4n) is 5.59. The number of hydrogen-bond donors (Lipinski definition) is 0. The van der Waals surface area contributed by atoms with Crippen LogP contribution in [-0.2, 0) is 0 Å². The topological polar surface area (TPSA) is 61.2 Å².